The Hall–Kier alpha value is -1.13. The monoisotopic (exact) mass is 295 g/mol. The lowest BCUT2D eigenvalue weighted by Gasteiger charge is -2.23. The number of benzene rings is 1. The molecule has 0 heterocycles. The van der Waals surface area contributed by atoms with Crippen molar-refractivity contribution in [2.24, 2.45) is 5.41 Å². The molecule has 4 heteroatoms. The number of aryl methyl sites for hydroxylation is 1. The first-order valence-corrected chi connectivity index (χ1v) is 8.30. The number of hydrogen-bond donors (Lipinski definition) is 1. The standard InChI is InChI=1S/C16H25NO2S/c1-13(2)10-11-16(4,5)12-17-20(18,19)15-8-6-14(3)7-9-15/h6-10,17H,11-12H2,1-5H3. The van der Waals surface area contributed by atoms with Crippen molar-refractivity contribution >= 4 is 10.0 Å². The minimum absolute atomic E-state index is 0.102. The zero-order chi connectivity index (χ0) is 15.4. The maximum atomic E-state index is 12.2. The molecule has 0 aliphatic heterocycles. The summed E-state index contributed by atoms with van der Waals surface area (Å²) >= 11 is 0. The van der Waals surface area contributed by atoms with Crippen molar-refractivity contribution in [3.63, 3.8) is 0 Å². The molecule has 0 atom stereocenters. The summed E-state index contributed by atoms with van der Waals surface area (Å²) in [6.45, 7) is 10.6. The van der Waals surface area contributed by atoms with Gasteiger partial charge >= 0.3 is 0 Å². The minimum Gasteiger partial charge on any atom is -0.211 e. The van der Waals surface area contributed by atoms with E-state index in [1.165, 1.54) is 5.57 Å². The molecule has 1 aromatic rings. The van der Waals surface area contributed by atoms with E-state index in [-0.39, 0.29) is 5.41 Å². The molecular weight excluding hydrogens is 270 g/mol. The fourth-order valence-corrected chi connectivity index (χ4v) is 2.89. The Labute approximate surface area is 123 Å². The minimum atomic E-state index is -3.42. The summed E-state index contributed by atoms with van der Waals surface area (Å²) in [7, 11) is -3.42. The Kier molecular flexibility index (Phi) is 5.54. The van der Waals surface area contributed by atoms with E-state index in [0.29, 0.717) is 11.4 Å². The van der Waals surface area contributed by atoms with Crippen molar-refractivity contribution in [1.29, 1.82) is 0 Å². The zero-order valence-corrected chi connectivity index (χ0v) is 13.8. The Balaban J connectivity index is 2.72. The number of hydrogen-bond acceptors (Lipinski definition) is 2. The molecule has 0 radical (unpaired) electrons. The van der Waals surface area contributed by atoms with Gasteiger partial charge in [0, 0.05) is 6.54 Å². The van der Waals surface area contributed by atoms with E-state index >= 15 is 0 Å². The molecule has 0 aliphatic carbocycles. The summed E-state index contributed by atoms with van der Waals surface area (Å²) in [6, 6.07) is 6.90. The number of sulfonamides is 1. The van der Waals surface area contributed by atoms with Gasteiger partial charge in [0.2, 0.25) is 10.0 Å². The molecule has 1 aromatic carbocycles. The Bertz CT molecular complexity index is 565. The van der Waals surface area contributed by atoms with Crippen LogP contribution in [0.3, 0.4) is 0 Å². The van der Waals surface area contributed by atoms with E-state index in [9.17, 15) is 8.42 Å². The molecule has 0 aromatic heterocycles. The third kappa shape index (κ3) is 5.47. The van der Waals surface area contributed by atoms with Gasteiger partial charge in [-0.15, -0.1) is 0 Å². The van der Waals surface area contributed by atoms with Gasteiger partial charge in [0.15, 0.2) is 0 Å². The average Bonchev–Trinajstić information content (AvgIpc) is 2.35. The van der Waals surface area contributed by atoms with Gasteiger partial charge in [0.1, 0.15) is 0 Å². The lowest BCUT2D eigenvalue weighted by molar-refractivity contribution is 0.368. The normalized spacial score (nSPS) is 12.2. The number of allylic oxidation sites excluding steroid dienone is 2. The highest BCUT2D eigenvalue weighted by atomic mass is 32.2. The fourth-order valence-electron chi connectivity index (χ4n) is 1.64. The van der Waals surface area contributed by atoms with Crippen LogP contribution in [0.5, 0.6) is 0 Å². The van der Waals surface area contributed by atoms with Crippen LogP contribution in [0, 0.1) is 12.3 Å². The van der Waals surface area contributed by atoms with Crippen LogP contribution in [0.25, 0.3) is 0 Å². The molecule has 1 N–H and O–H groups in total. The molecule has 0 spiro atoms. The van der Waals surface area contributed by atoms with Crippen LogP contribution >= 0.6 is 0 Å². The van der Waals surface area contributed by atoms with E-state index in [1.54, 1.807) is 12.1 Å². The van der Waals surface area contributed by atoms with Gasteiger partial charge < -0.3 is 0 Å². The molecule has 3 nitrogen and oxygen atoms in total. The first kappa shape index (κ1) is 16.9. The maximum Gasteiger partial charge on any atom is 0.240 e. The molecule has 0 unspecified atom stereocenters. The van der Waals surface area contributed by atoms with Gasteiger partial charge in [-0.05, 0) is 44.7 Å². The second-order valence-corrected chi connectivity index (χ2v) is 8.05. The zero-order valence-electron chi connectivity index (χ0n) is 13.0. The van der Waals surface area contributed by atoms with Gasteiger partial charge in [0.25, 0.3) is 0 Å². The predicted octanol–water partition coefficient (Wildman–Crippen LogP) is 3.66. The van der Waals surface area contributed by atoms with Crippen LogP contribution < -0.4 is 4.72 Å². The van der Waals surface area contributed by atoms with Gasteiger partial charge in [0.05, 0.1) is 4.90 Å². The molecular formula is C16H25NO2S. The molecule has 0 amide bonds. The molecule has 0 bridgehead atoms. The van der Waals surface area contributed by atoms with Crippen LogP contribution in [0.15, 0.2) is 40.8 Å². The SMILES string of the molecule is CC(C)=CCC(C)(C)CNS(=O)(=O)c1ccc(C)cc1. The topological polar surface area (TPSA) is 46.2 Å². The summed E-state index contributed by atoms with van der Waals surface area (Å²) in [5, 5.41) is 0. The van der Waals surface area contributed by atoms with E-state index in [0.717, 1.165) is 12.0 Å². The smallest absolute Gasteiger partial charge is 0.211 e. The first-order valence-electron chi connectivity index (χ1n) is 6.82. The molecule has 0 fully saturated rings. The van der Waals surface area contributed by atoms with E-state index in [2.05, 4.69) is 24.6 Å². The summed E-state index contributed by atoms with van der Waals surface area (Å²) in [4.78, 5) is 0.320. The van der Waals surface area contributed by atoms with Gasteiger partial charge in [-0.2, -0.15) is 0 Å². The van der Waals surface area contributed by atoms with Gasteiger partial charge in [-0.25, -0.2) is 13.1 Å². The van der Waals surface area contributed by atoms with Crippen molar-refractivity contribution in [1.82, 2.24) is 4.72 Å². The molecule has 0 aliphatic rings. The highest BCUT2D eigenvalue weighted by molar-refractivity contribution is 7.89. The summed E-state index contributed by atoms with van der Waals surface area (Å²) < 4.78 is 27.1. The second-order valence-electron chi connectivity index (χ2n) is 6.29. The lowest BCUT2D eigenvalue weighted by atomic mass is 9.89. The third-order valence-corrected chi connectivity index (χ3v) is 4.55. The van der Waals surface area contributed by atoms with Crippen molar-refractivity contribution in [3.8, 4) is 0 Å². The highest BCUT2D eigenvalue weighted by Gasteiger charge is 2.21. The quantitative estimate of drug-likeness (QED) is 0.814. The first-order chi connectivity index (χ1) is 9.12. The van der Waals surface area contributed by atoms with E-state index < -0.39 is 10.0 Å². The van der Waals surface area contributed by atoms with Crippen LogP contribution in [0.4, 0.5) is 0 Å². The predicted molar refractivity (Wildman–Crippen MR) is 84.2 cm³/mol. The van der Waals surface area contributed by atoms with Gasteiger partial charge in [-0.3, -0.25) is 0 Å². The van der Waals surface area contributed by atoms with E-state index in [1.807, 2.05) is 32.9 Å². The molecule has 112 valence electrons. The summed E-state index contributed by atoms with van der Waals surface area (Å²) in [6.07, 6.45) is 2.99. The van der Waals surface area contributed by atoms with Crippen LogP contribution in [-0.2, 0) is 10.0 Å². The van der Waals surface area contributed by atoms with Crippen LogP contribution in [-0.4, -0.2) is 15.0 Å². The molecule has 1 rings (SSSR count). The summed E-state index contributed by atoms with van der Waals surface area (Å²) in [5.74, 6) is 0. The second kappa shape index (κ2) is 6.55. The van der Waals surface area contributed by atoms with Crippen molar-refractivity contribution < 1.29 is 8.42 Å². The van der Waals surface area contributed by atoms with Crippen molar-refractivity contribution in [3.05, 3.63) is 41.5 Å². The largest absolute Gasteiger partial charge is 0.240 e. The highest BCUT2D eigenvalue weighted by Crippen LogP contribution is 2.21. The Morgan fingerprint density at radius 1 is 1.20 bits per heavy atom. The van der Waals surface area contributed by atoms with Crippen molar-refractivity contribution in [2.75, 3.05) is 6.54 Å². The third-order valence-electron chi connectivity index (χ3n) is 3.13. The van der Waals surface area contributed by atoms with Gasteiger partial charge in [-0.1, -0.05) is 43.2 Å². The van der Waals surface area contributed by atoms with Crippen LogP contribution in [0.2, 0.25) is 0 Å². The molecule has 0 saturated carbocycles. The molecule has 0 saturated heterocycles. The number of nitrogens with one attached hydrogen (secondary N) is 1. The summed E-state index contributed by atoms with van der Waals surface area (Å²) in [5.41, 5.74) is 2.20. The fraction of sp³-hybridized carbons (Fsp3) is 0.500. The number of rotatable bonds is 6. The lowest BCUT2D eigenvalue weighted by Crippen LogP contribution is -2.33. The maximum absolute atomic E-state index is 12.2. The van der Waals surface area contributed by atoms with Crippen LogP contribution in [0.1, 0.15) is 39.7 Å². The van der Waals surface area contributed by atoms with Crippen molar-refractivity contribution in [2.45, 2.75) is 45.9 Å². The average molecular weight is 295 g/mol. The Morgan fingerprint density at radius 3 is 2.25 bits per heavy atom. The molecule has 20 heavy (non-hydrogen) atoms. The Morgan fingerprint density at radius 2 is 1.75 bits per heavy atom. The van der Waals surface area contributed by atoms with E-state index in [4.69, 9.17) is 0 Å².